The van der Waals surface area contributed by atoms with Crippen molar-refractivity contribution in [1.82, 2.24) is 4.90 Å². The van der Waals surface area contributed by atoms with Gasteiger partial charge in [0, 0.05) is 24.8 Å². The monoisotopic (exact) mass is 290 g/mol. The Balaban J connectivity index is 2.11. The zero-order valence-corrected chi connectivity index (χ0v) is 11.8. The van der Waals surface area contributed by atoms with Gasteiger partial charge < -0.3 is 15.7 Å². The van der Waals surface area contributed by atoms with Crippen molar-refractivity contribution in [1.29, 1.82) is 0 Å². The van der Waals surface area contributed by atoms with Crippen LogP contribution < -0.4 is 5.73 Å². The van der Waals surface area contributed by atoms with Crippen LogP contribution in [0.25, 0.3) is 0 Å². The maximum Gasteiger partial charge on any atom is 0.253 e. The van der Waals surface area contributed by atoms with Crippen LogP contribution >= 0.6 is 11.6 Å². The van der Waals surface area contributed by atoms with Gasteiger partial charge in [-0.15, -0.1) is 0 Å². The van der Waals surface area contributed by atoms with E-state index in [0.29, 0.717) is 17.8 Å². The molecule has 104 valence electrons. The molecule has 3 N–H and O–H groups in total. The van der Waals surface area contributed by atoms with E-state index in [1.807, 2.05) is 12.1 Å². The van der Waals surface area contributed by atoms with Crippen molar-refractivity contribution < 1.29 is 9.90 Å². The van der Waals surface area contributed by atoms with Crippen molar-refractivity contribution in [2.45, 2.75) is 6.54 Å². The summed E-state index contributed by atoms with van der Waals surface area (Å²) in [5.74, 6) is -0.201. The van der Waals surface area contributed by atoms with E-state index >= 15 is 0 Å². The fourth-order valence-electron chi connectivity index (χ4n) is 1.83. The molecule has 20 heavy (non-hydrogen) atoms. The van der Waals surface area contributed by atoms with Gasteiger partial charge in [-0.3, -0.25) is 4.79 Å². The third-order valence-corrected chi connectivity index (χ3v) is 3.24. The van der Waals surface area contributed by atoms with Crippen molar-refractivity contribution in [3.05, 3.63) is 58.6 Å². The second kappa shape index (κ2) is 5.84. The summed E-state index contributed by atoms with van der Waals surface area (Å²) in [6.07, 6.45) is 0. The van der Waals surface area contributed by atoms with Gasteiger partial charge in [-0.05, 0) is 35.9 Å². The Morgan fingerprint density at radius 3 is 2.50 bits per heavy atom. The fourth-order valence-corrected chi connectivity index (χ4v) is 2.01. The van der Waals surface area contributed by atoms with E-state index in [-0.39, 0.29) is 16.7 Å². The van der Waals surface area contributed by atoms with Gasteiger partial charge in [0.15, 0.2) is 0 Å². The van der Waals surface area contributed by atoms with Gasteiger partial charge in [-0.1, -0.05) is 23.7 Å². The molecular weight excluding hydrogens is 276 g/mol. The number of carbonyl (C=O) groups excluding carboxylic acids is 1. The first-order valence-corrected chi connectivity index (χ1v) is 6.43. The predicted octanol–water partition coefficient (Wildman–Crippen LogP) is 2.90. The molecular formula is C15H15ClN2O2. The Hall–Kier alpha value is -2.20. The summed E-state index contributed by atoms with van der Waals surface area (Å²) in [5, 5.41) is 9.52. The third-order valence-electron chi connectivity index (χ3n) is 2.94. The zero-order valence-electron chi connectivity index (χ0n) is 11.0. The van der Waals surface area contributed by atoms with Crippen LogP contribution in [0.15, 0.2) is 42.5 Å². The summed E-state index contributed by atoms with van der Waals surface area (Å²) in [6, 6.07) is 11.8. The Labute approximate surface area is 122 Å². The number of phenols is 1. The first kappa shape index (κ1) is 14.2. The van der Waals surface area contributed by atoms with Gasteiger partial charge >= 0.3 is 0 Å². The Morgan fingerprint density at radius 1 is 1.25 bits per heavy atom. The summed E-state index contributed by atoms with van der Waals surface area (Å²) >= 11 is 5.81. The molecule has 0 atom stereocenters. The van der Waals surface area contributed by atoms with Crippen LogP contribution in [-0.2, 0) is 6.54 Å². The van der Waals surface area contributed by atoms with Crippen LogP contribution in [0.1, 0.15) is 15.9 Å². The molecule has 2 rings (SSSR count). The average molecular weight is 291 g/mol. The van der Waals surface area contributed by atoms with Gasteiger partial charge in [0.2, 0.25) is 0 Å². The average Bonchev–Trinajstić information content (AvgIpc) is 2.43. The lowest BCUT2D eigenvalue weighted by Gasteiger charge is -2.17. The molecule has 0 fully saturated rings. The number of halogens is 1. The van der Waals surface area contributed by atoms with Crippen LogP contribution in [0.2, 0.25) is 5.02 Å². The molecule has 0 aliphatic heterocycles. The van der Waals surface area contributed by atoms with Crippen molar-refractivity contribution in [3.8, 4) is 5.75 Å². The minimum atomic E-state index is -0.163. The van der Waals surface area contributed by atoms with Crippen LogP contribution in [0, 0.1) is 0 Å². The van der Waals surface area contributed by atoms with Gasteiger partial charge in [0.1, 0.15) is 5.75 Å². The quantitative estimate of drug-likeness (QED) is 0.854. The minimum Gasteiger partial charge on any atom is -0.506 e. The number of carbonyl (C=O) groups is 1. The summed E-state index contributed by atoms with van der Waals surface area (Å²) in [6.45, 7) is 0.470. The maximum atomic E-state index is 12.2. The molecule has 0 spiro atoms. The van der Waals surface area contributed by atoms with E-state index in [0.717, 1.165) is 5.56 Å². The Bertz CT molecular complexity index is 626. The highest BCUT2D eigenvalue weighted by atomic mass is 35.5. The number of amides is 1. The summed E-state index contributed by atoms with van der Waals surface area (Å²) < 4.78 is 0. The lowest BCUT2D eigenvalue weighted by Crippen LogP contribution is -2.26. The van der Waals surface area contributed by atoms with Crippen molar-refractivity contribution in [2.75, 3.05) is 12.8 Å². The van der Waals surface area contributed by atoms with Crippen LogP contribution in [0.4, 0.5) is 5.69 Å². The van der Waals surface area contributed by atoms with E-state index in [1.54, 1.807) is 30.1 Å². The maximum absolute atomic E-state index is 12.2. The van der Waals surface area contributed by atoms with E-state index in [2.05, 4.69) is 0 Å². The molecule has 0 aliphatic rings. The van der Waals surface area contributed by atoms with Gasteiger partial charge in [-0.2, -0.15) is 0 Å². The van der Waals surface area contributed by atoms with Crippen molar-refractivity contribution in [3.63, 3.8) is 0 Å². The lowest BCUT2D eigenvalue weighted by atomic mass is 10.1. The molecule has 0 aromatic heterocycles. The van der Waals surface area contributed by atoms with E-state index in [4.69, 9.17) is 17.3 Å². The Morgan fingerprint density at radius 2 is 1.90 bits per heavy atom. The SMILES string of the molecule is CN(Cc1ccc(N)cc1)C(=O)c1ccc(O)c(Cl)c1. The molecule has 5 heteroatoms. The van der Waals surface area contributed by atoms with Gasteiger partial charge in [0.05, 0.1) is 5.02 Å². The zero-order chi connectivity index (χ0) is 14.7. The van der Waals surface area contributed by atoms with Crippen LogP contribution in [0.5, 0.6) is 5.75 Å². The highest BCUT2D eigenvalue weighted by Gasteiger charge is 2.13. The molecule has 0 unspecified atom stereocenters. The molecule has 4 nitrogen and oxygen atoms in total. The molecule has 2 aromatic carbocycles. The molecule has 0 bridgehead atoms. The first-order chi connectivity index (χ1) is 9.47. The molecule has 0 aliphatic carbocycles. The molecule has 1 amide bonds. The number of aromatic hydroxyl groups is 1. The summed E-state index contributed by atoms with van der Waals surface area (Å²) in [7, 11) is 1.71. The minimum absolute atomic E-state index is 0.0376. The van der Waals surface area contributed by atoms with Crippen molar-refractivity contribution >= 4 is 23.2 Å². The van der Waals surface area contributed by atoms with Crippen LogP contribution in [0.3, 0.4) is 0 Å². The molecule has 0 saturated carbocycles. The second-order valence-corrected chi connectivity index (χ2v) is 4.98. The largest absolute Gasteiger partial charge is 0.506 e. The summed E-state index contributed by atoms with van der Waals surface area (Å²) in [4.78, 5) is 13.8. The molecule has 0 radical (unpaired) electrons. The number of phenolic OH excluding ortho intramolecular Hbond substituents is 1. The number of hydrogen-bond acceptors (Lipinski definition) is 3. The number of nitrogen functional groups attached to an aromatic ring is 1. The number of nitrogens with two attached hydrogens (primary N) is 1. The second-order valence-electron chi connectivity index (χ2n) is 4.57. The Kier molecular flexibility index (Phi) is 4.15. The number of rotatable bonds is 3. The van der Waals surface area contributed by atoms with E-state index < -0.39 is 0 Å². The molecule has 0 saturated heterocycles. The van der Waals surface area contributed by atoms with Crippen molar-refractivity contribution in [2.24, 2.45) is 0 Å². The number of hydrogen-bond donors (Lipinski definition) is 2. The standard InChI is InChI=1S/C15H15ClN2O2/c1-18(9-10-2-5-12(17)6-3-10)15(20)11-4-7-14(19)13(16)8-11/h2-8,19H,9,17H2,1H3. The van der Waals surface area contributed by atoms with E-state index in [1.165, 1.54) is 12.1 Å². The van der Waals surface area contributed by atoms with E-state index in [9.17, 15) is 9.90 Å². The predicted molar refractivity (Wildman–Crippen MR) is 79.8 cm³/mol. The molecule has 0 heterocycles. The smallest absolute Gasteiger partial charge is 0.253 e. The van der Waals surface area contributed by atoms with Crippen LogP contribution in [-0.4, -0.2) is 23.0 Å². The summed E-state index contributed by atoms with van der Waals surface area (Å²) in [5.41, 5.74) is 7.73. The highest BCUT2D eigenvalue weighted by Crippen LogP contribution is 2.24. The third kappa shape index (κ3) is 3.22. The topological polar surface area (TPSA) is 66.6 Å². The first-order valence-electron chi connectivity index (χ1n) is 6.06. The van der Waals surface area contributed by atoms with Gasteiger partial charge in [0.25, 0.3) is 5.91 Å². The fraction of sp³-hybridized carbons (Fsp3) is 0.133. The van der Waals surface area contributed by atoms with Gasteiger partial charge in [-0.25, -0.2) is 0 Å². The number of nitrogens with zero attached hydrogens (tertiary/aromatic N) is 1. The molecule has 2 aromatic rings. The normalized spacial score (nSPS) is 10.3. The highest BCUT2D eigenvalue weighted by molar-refractivity contribution is 6.32. The lowest BCUT2D eigenvalue weighted by molar-refractivity contribution is 0.0785. The number of benzene rings is 2. The number of anilines is 1.